The molecule has 2 aliphatic rings. The molecule has 0 saturated heterocycles. The fourth-order valence-corrected chi connectivity index (χ4v) is 4.48. The summed E-state index contributed by atoms with van der Waals surface area (Å²) < 4.78 is 33.6. The van der Waals surface area contributed by atoms with Crippen molar-refractivity contribution in [2.75, 3.05) is 0 Å². The van der Waals surface area contributed by atoms with Crippen LogP contribution >= 0.6 is 47.8 Å². The Morgan fingerprint density at radius 3 is 2.61 bits per heavy atom. The average Bonchev–Trinajstić information content (AvgIpc) is 3.05. The molecule has 0 saturated carbocycles. The topological polar surface area (TPSA) is 20.8 Å². The molecule has 2 aliphatic heterocycles. The summed E-state index contributed by atoms with van der Waals surface area (Å²) in [6.07, 6.45) is 6.67. The van der Waals surface area contributed by atoms with Gasteiger partial charge in [-0.3, -0.25) is 4.98 Å². The van der Waals surface area contributed by atoms with Gasteiger partial charge in [0.15, 0.2) is 5.70 Å². The third-order valence-electron chi connectivity index (χ3n) is 3.86. The van der Waals surface area contributed by atoms with Gasteiger partial charge in [-0.2, -0.15) is 0 Å². The smallest absolute Gasteiger partial charge is 0.389 e. The highest BCUT2D eigenvalue weighted by atomic mass is 79.9. The number of fused-ring (bicyclic) bond motifs is 2. The molecule has 0 amide bonds. The van der Waals surface area contributed by atoms with Gasteiger partial charge in [0.05, 0.1) is 10.2 Å². The largest absolute Gasteiger partial charge is 0.738 e. The van der Waals surface area contributed by atoms with Gasteiger partial charge < -0.3 is 17.6 Å². The fraction of sp³-hybridized carbons (Fsp3) is 0. The SMILES string of the molecule is F[B-]1(F)n2c(Br)ccc2C(c2cncc(Br)c2)=C2C=CC(Br)=[N+]21. The summed E-state index contributed by atoms with van der Waals surface area (Å²) in [7, 11) is 0. The molecule has 0 atom stereocenters. The first-order chi connectivity index (χ1) is 10.9. The van der Waals surface area contributed by atoms with Crippen molar-refractivity contribution in [2.45, 2.75) is 0 Å². The van der Waals surface area contributed by atoms with Crippen molar-refractivity contribution < 1.29 is 13.1 Å². The Morgan fingerprint density at radius 2 is 1.87 bits per heavy atom. The molecule has 23 heavy (non-hydrogen) atoms. The molecule has 2 aromatic rings. The first kappa shape index (κ1) is 15.5. The van der Waals surface area contributed by atoms with E-state index in [9.17, 15) is 0 Å². The van der Waals surface area contributed by atoms with Crippen molar-refractivity contribution in [1.82, 2.24) is 9.46 Å². The van der Waals surface area contributed by atoms with Gasteiger partial charge in [-0.05, 0) is 50.1 Å². The summed E-state index contributed by atoms with van der Waals surface area (Å²) in [5.41, 5.74) is 2.40. The lowest BCUT2D eigenvalue weighted by atomic mass is 9.87. The normalized spacial score (nSPS) is 18.5. The number of aromatic nitrogens is 2. The maximum atomic E-state index is 15.0. The Labute approximate surface area is 155 Å². The number of allylic oxidation sites excluding steroid dienone is 2. The number of halogens is 5. The van der Waals surface area contributed by atoms with E-state index in [1.165, 1.54) is 0 Å². The molecule has 0 N–H and O–H groups in total. The van der Waals surface area contributed by atoms with Crippen LogP contribution < -0.4 is 0 Å². The van der Waals surface area contributed by atoms with E-state index in [0.29, 0.717) is 26.2 Å². The standard InChI is InChI=1S/C14H7BBr3F2N3/c16-9-5-8(6-21-7-9)14-10-1-3-12(17)22(10)15(19,20)23-11(14)2-4-13(23)18/h1-7H. The fourth-order valence-electron chi connectivity index (χ4n) is 2.98. The van der Waals surface area contributed by atoms with E-state index >= 15 is 8.63 Å². The minimum Gasteiger partial charge on any atom is -0.389 e. The van der Waals surface area contributed by atoms with Crippen LogP contribution in [-0.4, -0.2) is 25.5 Å². The van der Waals surface area contributed by atoms with Crippen molar-refractivity contribution in [3.8, 4) is 0 Å². The lowest BCUT2D eigenvalue weighted by Gasteiger charge is -2.32. The van der Waals surface area contributed by atoms with E-state index in [1.807, 2.05) is 6.07 Å². The molecule has 0 aliphatic carbocycles. The highest BCUT2D eigenvalue weighted by Gasteiger charge is 2.54. The number of rotatable bonds is 1. The van der Waals surface area contributed by atoms with Crippen molar-refractivity contribution in [2.24, 2.45) is 0 Å². The van der Waals surface area contributed by atoms with Crippen LogP contribution in [0.1, 0.15) is 11.3 Å². The van der Waals surface area contributed by atoms with Crippen LogP contribution in [-0.2, 0) is 0 Å². The van der Waals surface area contributed by atoms with E-state index in [4.69, 9.17) is 0 Å². The Balaban J connectivity index is 2.12. The molecule has 9 heteroatoms. The number of hydrogen-bond acceptors (Lipinski definition) is 1. The molecule has 116 valence electrons. The second-order valence-electron chi connectivity index (χ2n) is 5.18. The van der Waals surface area contributed by atoms with Crippen LogP contribution in [0.4, 0.5) is 8.63 Å². The molecule has 0 bridgehead atoms. The Morgan fingerprint density at radius 1 is 1.09 bits per heavy atom. The zero-order valence-corrected chi connectivity index (χ0v) is 16.1. The molecular formula is C14H7BBr3F2N3. The third kappa shape index (κ3) is 2.16. The molecule has 4 heterocycles. The summed E-state index contributed by atoms with van der Waals surface area (Å²) in [5.74, 6) is 0. The van der Waals surface area contributed by atoms with E-state index in [1.54, 1.807) is 36.7 Å². The summed E-state index contributed by atoms with van der Waals surface area (Å²) in [4.78, 5) is 4.16. The zero-order valence-electron chi connectivity index (χ0n) is 11.4. The Bertz CT molecular complexity index is 946. The van der Waals surface area contributed by atoms with Gasteiger partial charge in [-0.15, -0.1) is 0 Å². The van der Waals surface area contributed by atoms with E-state index < -0.39 is 6.97 Å². The second-order valence-corrected chi connectivity index (χ2v) is 7.72. The first-order valence-corrected chi connectivity index (χ1v) is 9.04. The number of nitrogens with zero attached hydrogens (tertiary/aromatic N) is 3. The lowest BCUT2D eigenvalue weighted by Crippen LogP contribution is -2.50. The summed E-state index contributed by atoms with van der Waals surface area (Å²) in [6.45, 7) is -3.99. The van der Waals surface area contributed by atoms with E-state index in [2.05, 4.69) is 52.8 Å². The number of hydrogen-bond donors (Lipinski definition) is 0. The van der Waals surface area contributed by atoms with Crippen LogP contribution in [0.25, 0.3) is 5.57 Å². The van der Waals surface area contributed by atoms with Crippen molar-refractivity contribution in [1.29, 1.82) is 0 Å². The number of pyridine rings is 1. The Kier molecular flexibility index (Phi) is 3.51. The van der Waals surface area contributed by atoms with Crippen LogP contribution in [0.3, 0.4) is 0 Å². The summed E-state index contributed by atoms with van der Waals surface area (Å²) in [5, 5.41) is 0. The first-order valence-electron chi connectivity index (χ1n) is 6.66. The van der Waals surface area contributed by atoms with Crippen LogP contribution in [0.15, 0.2) is 57.5 Å². The highest BCUT2D eigenvalue weighted by Crippen LogP contribution is 2.42. The van der Waals surface area contributed by atoms with Gasteiger partial charge in [0.2, 0.25) is 4.62 Å². The lowest BCUT2D eigenvalue weighted by molar-refractivity contribution is -0.358. The van der Waals surface area contributed by atoms with E-state index in [-0.39, 0.29) is 0 Å². The molecule has 0 fully saturated rings. The van der Waals surface area contributed by atoms with Gasteiger partial charge in [-0.1, -0.05) is 0 Å². The molecule has 0 spiro atoms. The van der Waals surface area contributed by atoms with Gasteiger partial charge in [-0.25, -0.2) is 0 Å². The van der Waals surface area contributed by atoms with Crippen molar-refractivity contribution in [3.05, 3.63) is 68.8 Å². The maximum Gasteiger partial charge on any atom is 0.738 e. The zero-order chi connectivity index (χ0) is 16.4. The monoisotopic (exact) mass is 503 g/mol. The molecule has 0 aromatic carbocycles. The van der Waals surface area contributed by atoms with Gasteiger partial charge >= 0.3 is 6.97 Å². The molecule has 4 rings (SSSR count). The molecule has 2 aromatic heterocycles. The van der Waals surface area contributed by atoms with Gasteiger partial charge in [0.1, 0.15) is 0 Å². The summed E-state index contributed by atoms with van der Waals surface area (Å²) in [6, 6.07) is 5.20. The van der Waals surface area contributed by atoms with E-state index in [0.717, 1.165) is 19.0 Å². The van der Waals surface area contributed by atoms with Crippen LogP contribution in [0.5, 0.6) is 0 Å². The van der Waals surface area contributed by atoms with Crippen LogP contribution in [0.2, 0.25) is 0 Å². The van der Waals surface area contributed by atoms with Crippen molar-refractivity contribution >= 4 is 65.0 Å². The third-order valence-corrected chi connectivity index (χ3v) is 5.59. The predicted molar refractivity (Wildman–Crippen MR) is 96.8 cm³/mol. The van der Waals surface area contributed by atoms with Gasteiger partial charge in [0.25, 0.3) is 0 Å². The Hall–Kier alpha value is -1.06. The van der Waals surface area contributed by atoms with Gasteiger partial charge in [0, 0.05) is 56.2 Å². The molecular weight excluding hydrogens is 499 g/mol. The second kappa shape index (κ2) is 5.22. The molecule has 0 radical (unpaired) electrons. The minimum absolute atomic E-state index is 0.337. The molecule has 3 nitrogen and oxygen atoms in total. The highest BCUT2D eigenvalue weighted by molar-refractivity contribution is 9.18. The summed E-state index contributed by atoms with van der Waals surface area (Å²) >= 11 is 9.87. The van der Waals surface area contributed by atoms with Crippen LogP contribution in [0, 0.1) is 0 Å². The predicted octanol–water partition coefficient (Wildman–Crippen LogP) is 4.78. The average molecular weight is 506 g/mol. The minimum atomic E-state index is -3.99. The maximum absolute atomic E-state index is 15.0. The van der Waals surface area contributed by atoms with Crippen molar-refractivity contribution in [3.63, 3.8) is 0 Å². The quantitative estimate of drug-likeness (QED) is 0.511. The molecule has 0 unspecified atom stereocenters.